The fraction of sp³-hybridized carbons (Fsp3) is 0.474. The van der Waals surface area contributed by atoms with Crippen molar-refractivity contribution in [2.24, 2.45) is 0 Å². The van der Waals surface area contributed by atoms with Gasteiger partial charge in [0.15, 0.2) is 0 Å². The third-order valence-electron chi connectivity index (χ3n) is 4.59. The number of carbonyl (C=O) groups is 1. The van der Waals surface area contributed by atoms with Crippen molar-refractivity contribution in [1.82, 2.24) is 10.1 Å². The minimum Gasteiger partial charge on any atom is -0.291 e. The van der Waals surface area contributed by atoms with Gasteiger partial charge in [0.1, 0.15) is 0 Å². The zero-order valence-corrected chi connectivity index (χ0v) is 16.3. The Hall–Kier alpha value is -2.15. The first-order valence-corrected chi connectivity index (χ1v) is 10.1. The summed E-state index contributed by atoms with van der Waals surface area (Å²) in [6, 6.07) is 7.47. The van der Waals surface area contributed by atoms with Crippen LogP contribution in [0.4, 0.5) is 5.69 Å². The van der Waals surface area contributed by atoms with Crippen LogP contribution in [0, 0.1) is 0 Å². The minimum atomic E-state index is -0.348. The molecule has 6 nitrogen and oxygen atoms in total. The van der Waals surface area contributed by atoms with E-state index in [1.807, 2.05) is 31.2 Å². The molecular formula is C19H25N4O2S+. The summed E-state index contributed by atoms with van der Waals surface area (Å²) in [5, 5.41) is 5.24. The van der Waals surface area contributed by atoms with Gasteiger partial charge in [-0.25, -0.2) is 0 Å². The highest BCUT2D eigenvalue weighted by atomic mass is 32.2. The van der Waals surface area contributed by atoms with Gasteiger partial charge >= 0.3 is 11.3 Å². The normalized spacial score (nSPS) is 15.5. The molecule has 3 rings (SSSR count). The van der Waals surface area contributed by atoms with Gasteiger partial charge in [-0.15, -0.1) is 0 Å². The molecule has 1 amide bonds. The van der Waals surface area contributed by atoms with Crippen molar-refractivity contribution >= 4 is 23.4 Å². The fourth-order valence-corrected chi connectivity index (χ4v) is 4.19. The number of nitrogens with one attached hydrogen (secondary N) is 1. The number of fused-ring (bicyclic) bond motifs is 3. The van der Waals surface area contributed by atoms with E-state index in [4.69, 9.17) is 0 Å². The van der Waals surface area contributed by atoms with Crippen molar-refractivity contribution in [1.29, 1.82) is 0 Å². The smallest absolute Gasteiger partial charge is 0.291 e. The summed E-state index contributed by atoms with van der Waals surface area (Å²) >= 11 is 1.56. The molecular weight excluding hydrogens is 348 g/mol. The van der Waals surface area contributed by atoms with E-state index < -0.39 is 0 Å². The predicted molar refractivity (Wildman–Crippen MR) is 103 cm³/mol. The third-order valence-corrected chi connectivity index (χ3v) is 5.54. The molecule has 1 aromatic carbocycles. The second-order valence-electron chi connectivity index (χ2n) is 6.50. The standard InChI is InChI=1S/C19H24N4O2S/c1-4-5-6-9-12-26-19-20-18(25)17-15-10-7-8-11-16(15)22(14(3)24)13(2)23(17)21-19/h7-8,10-11,13H,4-6,9,12H2,1-3H3/p+1/t13-/m0/s1. The number of amides is 1. The average Bonchev–Trinajstić information content (AvgIpc) is 2.61. The molecule has 0 saturated heterocycles. The van der Waals surface area contributed by atoms with E-state index >= 15 is 0 Å². The summed E-state index contributed by atoms with van der Waals surface area (Å²) in [5.74, 6) is 0.850. The van der Waals surface area contributed by atoms with E-state index in [2.05, 4.69) is 17.0 Å². The molecule has 1 atom stereocenters. The lowest BCUT2D eigenvalue weighted by molar-refractivity contribution is -0.768. The molecule has 0 unspecified atom stereocenters. The fourth-order valence-electron chi connectivity index (χ4n) is 3.34. The first-order valence-electron chi connectivity index (χ1n) is 9.12. The van der Waals surface area contributed by atoms with E-state index in [9.17, 15) is 9.59 Å². The molecule has 7 heteroatoms. The highest BCUT2D eigenvalue weighted by Gasteiger charge is 2.40. The molecule has 26 heavy (non-hydrogen) atoms. The molecule has 2 aromatic rings. The lowest BCUT2D eigenvalue weighted by Crippen LogP contribution is -2.59. The van der Waals surface area contributed by atoms with Gasteiger partial charge in [0.05, 0.1) is 11.3 Å². The summed E-state index contributed by atoms with van der Waals surface area (Å²) in [7, 11) is 0. The molecule has 0 bridgehead atoms. The molecule has 0 spiro atoms. The van der Waals surface area contributed by atoms with Crippen LogP contribution in [0.25, 0.3) is 11.3 Å². The van der Waals surface area contributed by atoms with E-state index in [0.29, 0.717) is 10.9 Å². The van der Waals surface area contributed by atoms with Crippen LogP contribution in [-0.4, -0.2) is 21.7 Å². The van der Waals surface area contributed by atoms with Crippen LogP contribution in [-0.2, 0) is 4.79 Å². The minimum absolute atomic E-state index is 0.0704. The van der Waals surface area contributed by atoms with Crippen LogP contribution >= 0.6 is 11.8 Å². The van der Waals surface area contributed by atoms with Crippen LogP contribution in [0.15, 0.2) is 34.2 Å². The third kappa shape index (κ3) is 3.53. The van der Waals surface area contributed by atoms with Gasteiger partial charge in [0, 0.05) is 24.7 Å². The number of hydrogen-bond donors (Lipinski definition) is 1. The van der Waals surface area contributed by atoms with Crippen LogP contribution in [0.1, 0.15) is 52.6 Å². The number of para-hydroxylation sites is 1. The Bertz CT molecular complexity index is 865. The molecule has 0 fully saturated rings. The Balaban J connectivity index is 1.96. The van der Waals surface area contributed by atoms with Crippen LogP contribution in [0.2, 0.25) is 0 Å². The maximum atomic E-state index is 12.8. The maximum absolute atomic E-state index is 12.8. The van der Waals surface area contributed by atoms with Gasteiger partial charge < -0.3 is 0 Å². The highest BCUT2D eigenvalue weighted by molar-refractivity contribution is 7.99. The van der Waals surface area contributed by atoms with Crippen molar-refractivity contribution in [2.75, 3.05) is 10.7 Å². The molecule has 2 heterocycles. The van der Waals surface area contributed by atoms with Crippen LogP contribution in [0.5, 0.6) is 0 Å². The number of benzene rings is 1. The van der Waals surface area contributed by atoms with Crippen LogP contribution in [0.3, 0.4) is 0 Å². The first kappa shape index (κ1) is 18.6. The summed E-state index contributed by atoms with van der Waals surface area (Å²) < 4.78 is 1.68. The van der Waals surface area contributed by atoms with Gasteiger partial charge in [-0.05, 0) is 18.6 Å². The lowest BCUT2D eigenvalue weighted by Gasteiger charge is -2.29. The van der Waals surface area contributed by atoms with Gasteiger partial charge in [0.2, 0.25) is 11.1 Å². The molecule has 1 aromatic heterocycles. The summed E-state index contributed by atoms with van der Waals surface area (Å²) in [6.45, 7) is 5.62. The second kappa shape index (κ2) is 8.03. The molecule has 1 N–H and O–H groups in total. The topological polar surface area (TPSA) is 69.9 Å². The Labute approximate surface area is 157 Å². The molecule has 0 saturated carbocycles. The predicted octanol–water partition coefficient (Wildman–Crippen LogP) is 3.28. The summed E-state index contributed by atoms with van der Waals surface area (Å²) in [5.41, 5.74) is 1.81. The van der Waals surface area contributed by atoms with E-state index in [0.717, 1.165) is 23.4 Å². The second-order valence-corrected chi connectivity index (χ2v) is 7.58. The van der Waals surface area contributed by atoms with E-state index in [1.165, 1.54) is 26.2 Å². The number of unbranched alkanes of at least 4 members (excludes halogenated alkanes) is 3. The van der Waals surface area contributed by atoms with E-state index in [-0.39, 0.29) is 17.6 Å². The van der Waals surface area contributed by atoms with Crippen LogP contribution < -0.4 is 15.1 Å². The van der Waals surface area contributed by atoms with Gasteiger partial charge in [-0.2, -0.15) is 0 Å². The highest BCUT2D eigenvalue weighted by Crippen LogP contribution is 2.34. The largest absolute Gasteiger partial charge is 0.325 e. The monoisotopic (exact) mass is 373 g/mol. The van der Waals surface area contributed by atoms with Crippen molar-refractivity contribution in [3.8, 4) is 11.3 Å². The molecule has 0 aliphatic carbocycles. The number of aromatic nitrogens is 3. The summed E-state index contributed by atoms with van der Waals surface area (Å²) in [6.07, 6.45) is 4.37. The zero-order valence-electron chi connectivity index (χ0n) is 15.5. The Morgan fingerprint density at radius 3 is 2.81 bits per heavy atom. The summed E-state index contributed by atoms with van der Waals surface area (Å²) in [4.78, 5) is 29.6. The molecule has 1 aliphatic rings. The van der Waals surface area contributed by atoms with Crippen molar-refractivity contribution in [2.45, 2.75) is 57.8 Å². The number of aromatic amines is 1. The zero-order chi connectivity index (χ0) is 18.7. The Morgan fingerprint density at radius 2 is 2.08 bits per heavy atom. The number of thioether (sulfide) groups is 1. The Morgan fingerprint density at radius 1 is 1.31 bits per heavy atom. The molecule has 0 radical (unpaired) electrons. The van der Waals surface area contributed by atoms with Gasteiger partial charge in [-0.1, -0.05) is 54.8 Å². The van der Waals surface area contributed by atoms with Crippen molar-refractivity contribution in [3.05, 3.63) is 34.6 Å². The number of anilines is 1. The van der Waals surface area contributed by atoms with Gasteiger partial charge in [-0.3, -0.25) is 19.5 Å². The quantitative estimate of drug-likeness (QED) is 0.479. The number of rotatable bonds is 6. The average molecular weight is 374 g/mol. The molecule has 1 aliphatic heterocycles. The Kier molecular flexibility index (Phi) is 5.76. The maximum Gasteiger partial charge on any atom is 0.325 e. The van der Waals surface area contributed by atoms with E-state index in [1.54, 1.807) is 21.3 Å². The molecule has 138 valence electrons. The number of hydrogen-bond acceptors (Lipinski definition) is 4. The SMILES string of the molecule is CCCCCCSc1n[n+]2c(c(=O)[nH]1)-c1ccccc1N(C(C)=O)[C@@H]2C. The first-order chi connectivity index (χ1) is 12.5. The van der Waals surface area contributed by atoms with Gasteiger partial charge in [0.25, 0.3) is 6.17 Å². The number of carbonyl (C=O) groups excluding carboxylic acids is 1. The lowest BCUT2D eigenvalue weighted by atomic mass is 10.1. The van der Waals surface area contributed by atoms with Crippen molar-refractivity contribution < 1.29 is 9.48 Å². The number of nitrogens with zero attached hydrogens (tertiary/aromatic N) is 3. The van der Waals surface area contributed by atoms with Crippen molar-refractivity contribution in [3.63, 3.8) is 0 Å². The number of H-pyrrole nitrogens is 1.